The molecule has 0 unspecified atom stereocenters. The summed E-state index contributed by atoms with van der Waals surface area (Å²) in [6, 6.07) is 0. The molecule has 2 nitrogen and oxygen atoms in total. The van der Waals surface area contributed by atoms with Gasteiger partial charge >= 0.3 is 86.6 Å². The summed E-state index contributed by atoms with van der Waals surface area (Å²) in [6.45, 7) is 7.75. The second-order valence-electron chi connectivity index (χ2n) is 2.04. The van der Waals surface area contributed by atoms with Crippen LogP contribution in [0.3, 0.4) is 0 Å². The first kappa shape index (κ1) is 13.0. The SMILES string of the molecule is CCOCC[Se][Se]CCOCC. The molecule has 0 aliphatic heterocycles. The van der Waals surface area contributed by atoms with Crippen LogP contribution in [0, 0.1) is 0 Å². The van der Waals surface area contributed by atoms with E-state index >= 15 is 0 Å². The second-order valence-corrected chi connectivity index (χ2v) is 9.88. The summed E-state index contributed by atoms with van der Waals surface area (Å²) >= 11 is 1.67. The van der Waals surface area contributed by atoms with E-state index in [0.29, 0.717) is 0 Å². The van der Waals surface area contributed by atoms with Gasteiger partial charge in [0.25, 0.3) is 0 Å². The molecular formula is C8H18O2Se2. The third kappa shape index (κ3) is 11.0. The molecule has 0 amide bonds. The number of ether oxygens (including phenoxy) is 2. The van der Waals surface area contributed by atoms with Crippen LogP contribution in [0.15, 0.2) is 0 Å². The molecule has 0 saturated carbocycles. The fourth-order valence-corrected chi connectivity index (χ4v) is 5.92. The van der Waals surface area contributed by atoms with Gasteiger partial charge in [0, 0.05) is 0 Å². The van der Waals surface area contributed by atoms with Crippen molar-refractivity contribution in [2.45, 2.75) is 24.5 Å². The second kappa shape index (κ2) is 12.0. The molecule has 0 radical (unpaired) electrons. The Morgan fingerprint density at radius 1 is 0.833 bits per heavy atom. The van der Waals surface area contributed by atoms with Gasteiger partial charge in [-0.25, -0.2) is 0 Å². The molecule has 0 rings (SSSR count). The molecule has 0 aromatic heterocycles. The molecule has 0 aromatic carbocycles. The third-order valence-corrected chi connectivity index (χ3v) is 8.31. The first-order valence-electron chi connectivity index (χ1n) is 4.31. The van der Waals surface area contributed by atoms with Crippen molar-refractivity contribution in [1.29, 1.82) is 0 Å². The first-order valence-corrected chi connectivity index (χ1v) is 11.1. The van der Waals surface area contributed by atoms with Gasteiger partial charge in [-0.2, -0.15) is 0 Å². The molecule has 0 aliphatic rings. The zero-order valence-electron chi connectivity index (χ0n) is 7.88. The van der Waals surface area contributed by atoms with Crippen molar-refractivity contribution in [3.63, 3.8) is 0 Å². The summed E-state index contributed by atoms with van der Waals surface area (Å²) in [6.07, 6.45) is 0. The third-order valence-electron chi connectivity index (χ3n) is 1.11. The van der Waals surface area contributed by atoms with Crippen LogP contribution in [0.25, 0.3) is 0 Å². The zero-order valence-corrected chi connectivity index (χ0v) is 11.3. The maximum atomic E-state index is 5.26. The summed E-state index contributed by atoms with van der Waals surface area (Å²) in [7, 11) is 0. The van der Waals surface area contributed by atoms with E-state index in [1.807, 2.05) is 13.8 Å². The molecule has 0 N–H and O–H groups in total. The number of hydrogen-bond acceptors (Lipinski definition) is 2. The van der Waals surface area contributed by atoms with E-state index < -0.39 is 0 Å². The van der Waals surface area contributed by atoms with Crippen molar-refractivity contribution < 1.29 is 9.47 Å². The van der Waals surface area contributed by atoms with Gasteiger partial charge < -0.3 is 0 Å². The molecule has 0 spiro atoms. The van der Waals surface area contributed by atoms with Gasteiger partial charge in [0.1, 0.15) is 0 Å². The molecule has 0 atom stereocenters. The molecule has 0 bridgehead atoms. The number of hydrogen-bond donors (Lipinski definition) is 0. The summed E-state index contributed by atoms with van der Waals surface area (Å²) in [4.78, 5) is 0. The molecular weight excluding hydrogens is 286 g/mol. The fourth-order valence-electron chi connectivity index (χ4n) is 0.592. The molecule has 0 saturated heterocycles. The molecule has 0 heterocycles. The molecule has 12 heavy (non-hydrogen) atoms. The molecule has 0 aromatic rings. The van der Waals surface area contributed by atoms with Gasteiger partial charge in [-0.3, -0.25) is 0 Å². The van der Waals surface area contributed by atoms with Crippen LogP contribution < -0.4 is 0 Å². The van der Waals surface area contributed by atoms with Crippen LogP contribution in [-0.4, -0.2) is 52.7 Å². The molecule has 4 heteroatoms. The van der Waals surface area contributed by atoms with Crippen molar-refractivity contribution in [2.24, 2.45) is 0 Å². The van der Waals surface area contributed by atoms with E-state index in [9.17, 15) is 0 Å². The standard InChI is InChI=1S/C8H18O2Se2/c1-3-9-5-7-11-12-8-6-10-4-2/h3-8H2,1-2H3. The van der Waals surface area contributed by atoms with Crippen LogP contribution in [0.4, 0.5) is 0 Å². The topological polar surface area (TPSA) is 18.5 Å². The minimum absolute atomic E-state index is 0.833. The normalized spacial score (nSPS) is 10.5. The summed E-state index contributed by atoms with van der Waals surface area (Å²) in [5, 5.41) is 2.57. The van der Waals surface area contributed by atoms with Gasteiger partial charge in [0.15, 0.2) is 0 Å². The molecule has 74 valence electrons. The van der Waals surface area contributed by atoms with Crippen LogP contribution in [-0.2, 0) is 9.47 Å². The quantitative estimate of drug-likeness (QED) is 0.471. The Labute approximate surface area is 86.6 Å². The van der Waals surface area contributed by atoms with Crippen molar-refractivity contribution >= 4 is 26.3 Å². The Morgan fingerprint density at radius 2 is 1.25 bits per heavy atom. The predicted octanol–water partition coefficient (Wildman–Crippen LogP) is 1.22. The van der Waals surface area contributed by atoms with Crippen LogP contribution >= 0.6 is 0 Å². The van der Waals surface area contributed by atoms with Gasteiger partial charge in [0.05, 0.1) is 0 Å². The Bertz CT molecular complexity index is 71.5. The Hall–Kier alpha value is 0.959. The Morgan fingerprint density at radius 3 is 1.58 bits per heavy atom. The van der Waals surface area contributed by atoms with Crippen LogP contribution in [0.1, 0.15) is 13.8 Å². The van der Waals surface area contributed by atoms with E-state index in [0.717, 1.165) is 52.7 Å². The Balaban J connectivity index is 2.73. The van der Waals surface area contributed by atoms with E-state index in [1.54, 1.807) is 0 Å². The average Bonchev–Trinajstić information content (AvgIpc) is 2.10. The van der Waals surface area contributed by atoms with Crippen molar-refractivity contribution in [2.75, 3.05) is 26.4 Å². The van der Waals surface area contributed by atoms with Crippen LogP contribution in [0.5, 0.6) is 0 Å². The fraction of sp³-hybridized carbons (Fsp3) is 1.00. The summed E-state index contributed by atoms with van der Waals surface area (Å²) in [5.74, 6) is 0. The van der Waals surface area contributed by atoms with Crippen LogP contribution in [0.2, 0.25) is 10.6 Å². The number of rotatable bonds is 9. The summed E-state index contributed by atoms with van der Waals surface area (Å²) in [5.41, 5.74) is 0. The molecule has 0 aliphatic carbocycles. The van der Waals surface area contributed by atoms with Crippen molar-refractivity contribution in [1.82, 2.24) is 0 Å². The van der Waals surface area contributed by atoms with Gasteiger partial charge in [-0.15, -0.1) is 0 Å². The predicted molar refractivity (Wildman–Crippen MR) is 54.1 cm³/mol. The average molecular weight is 304 g/mol. The summed E-state index contributed by atoms with van der Waals surface area (Å²) < 4.78 is 10.5. The minimum atomic E-state index is 0.833. The van der Waals surface area contributed by atoms with Gasteiger partial charge in [-0.1, -0.05) is 0 Å². The van der Waals surface area contributed by atoms with E-state index in [-0.39, 0.29) is 0 Å². The van der Waals surface area contributed by atoms with Gasteiger partial charge in [-0.05, 0) is 0 Å². The first-order chi connectivity index (χ1) is 5.91. The Kier molecular flexibility index (Phi) is 12.9. The van der Waals surface area contributed by atoms with E-state index in [4.69, 9.17) is 9.47 Å². The van der Waals surface area contributed by atoms with E-state index in [2.05, 4.69) is 0 Å². The van der Waals surface area contributed by atoms with Gasteiger partial charge in [0.2, 0.25) is 0 Å². The van der Waals surface area contributed by atoms with E-state index in [1.165, 1.54) is 10.6 Å². The van der Waals surface area contributed by atoms with Crippen molar-refractivity contribution in [3.05, 3.63) is 0 Å². The monoisotopic (exact) mass is 306 g/mol. The molecule has 0 fully saturated rings. The zero-order chi connectivity index (χ0) is 9.07. The maximum absolute atomic E-state index is 5.26. The van der Waals surface area contributed by atoms with Crippen molar-refractivity contribution in [3.8, 4) is 0 Å².